The Morgan fingerprint density at radius 1 is 1.15 bits per heavy atom. The van der Waals surface area contributed by atoms with E-state index >= 15 is 0 Å². The molecule has 11 heteroatoms. The molecule has 0 saturated carbocycles. The van der Waals surface area contributed by atoms with E-state index in [4.69, 9.17) is 0 Å². The molecule has 0 bridgehead atoms. The first-order valence-corrected chi connectivity index (χ1v) is 11.1. The van der Waals surface area contributed by atoms with Gasteiger partial charge in [0.05, 0.1) is 6.54 Å². The molecule has 0 fully saturated rings. The molecule has 1 amide bonds. The van der Waals surface area contributed by atoms with Gasteiger partial charge in [0.25, 0.3) is 0 Å². The quantitative estimate of drug-likeness (QED) is 0.307. The van der Waals surface area contributed by atoms with Crippen molar-refractivity contribution in [3.8, 4) is 11.1 Å². The Bertz CT molecular complexity index is 1150. The predicted molar refractivity (Wildman–Crippen MR) is 117 cm³/mol. The number of aromatic nitrogens is 2. The Balaban J connectivity index is 0.000000191. The fourth-order valence-electron chi connectivity index (χ4n) is 3.40. The molecule has 0 atom stereocenters. The van der Waals surface area contributed by atoms with Gasteiger partial charge in [-0.1, -0.05) is 36.9 Å². The summed E-state index contributed by atoms with van der Waals surface area (Å²) in [7, 11) is 0. The highest BCUT2D eigenvalue weighted by atomic mass is 32.1. The van der Waals surface area contributed by atoms with Crippen molar-refractivity contribution in [1.29, 1.82) is 0 Å². The van der Waals surface area contributed by atoms with Gasteiger partial charge in [0.15, 0.2) is 5.69 Å². The minimum absolute atomic E-state index is 0.125. The second-order valence-electron chi connectivity index (χ2n) is 7.38. The van der Waals surface area contributed by atoms with E-state index in [1.54, 1.807) is 37.3 Å². The van der Waals surface area contributed by atoms with Crippen molar-refractivity contribution in [2.45, 2.75) is 38.8 Å². The molecular weight excluding hydrogens is 480 g/mol. The molecular formula is C23H21F6N3OS. The third-order valence-corrected chi connectivity index (χ3v) is 6.29. The van der Waals surface area contributed by atoms with E-state index in [-0.39, 0.29) is 18.0 Å². The maximum atomic E-state index is 12.8. The summed E-state index contributed by atoms with van der Waals surface area (Å²) in [5.41, 5.74) is 0.528. The van der Waals surface area contributed by atoms with Gasteiger partial charge in [0, 0.05) is 29.7 Å². The monoisotopic (exact) mass is 501 g/mol. The van der Waals surface area contributed by atoms with Crippen LogP contribution < -0.4 is 0 Å². The van der Waals surface area contributed by atoms with Gasteiger partial charge < -0.3 is 4.90 Å². The highest BCUT2D eigenvalue weighted by Crippen LogP contribution is 2.39. The number of hydrogen-bond acceptors (Lipinski definition) is 3. The van der Waals surface area contributed by atoms with Gasteiger partial charge in [0.1, 0.15) is 4.88 Å². The van der Waals surface area contributed by atoms with Crippen LogP contribution in [0, 0.1) is 0 Å². The number of carbonyl (C=O) groups is 1. The normalized spacial score (nSPS) is 13.7. The number of halogens is 6. The fraction of sp³-hybridized carbons (Fsp3) is 0.304. The molecule has 0 aliphatic carbocycles. The summed E-state index contributed by atoms with van der Waals surface area (Å²) in [5.74, 6) is -0.238. The van der Waals surface area contributed by atoms with E-state index in [2.05, 4.69) is 11.7 Å². The largest absolute Gasteiger partial charge is 0.435 e. The summed E-state index contributed by atoms with van der Waals surface area (Å²) < 4.78 is 77.2. The number of fused-ring (bicyclic) bond motifs is 1. The lowest BCUT2D eigenvalue weighted by Crippen LogP contribution is -2.33. The zero-order chi connectivity index (χ0) is 25.1. The molecule has 0 spiro atoms. The number of amides is 1. The topological polar surface area (TPSA) is 38.1 Å². The van der Waals surface area contributed by atoms with Crippen LogP contribution in [0.4, 0.5) is 26.3 Å². The maximum Gasteiger partial charge on any atom is 0.435 e. The summed E-state index contributed by atoms with van der Waals surface area (Å²) in [4.78, 5) is 12.9. The molecule has 4 nitrogen and oxygen atoms in total. The average Bonchev–Trinajstić information content (AvgIpc) is 3.43. The number of benzene rings is 1. The molecule has 3 aromatic rings. The first-order valence-electron chi connectivity index (χ1n) is 10.2. The Labute approximate surface area is 196 Å². The second-order valence-corrected chi connectivity index (χ2v) is 8.52. The lowest BCUT2D eigenvalue weighted by atomic mass is 10.1. The highest BCUT2D eigenvalue weighted by Gasteiger charge is 2.37. The molecule has 1 aromatic carbocycles. The Morgan fingerprint density at radius 3 is 2.38 bits per heavy atom. The zero-order valence-corrected chi connectivity index (χ0v) is 18.9. The summed E-state index contributed by atoms with van der Waals surface area (Å²) >= 11 is 0.721. The van der Waals surface area contributed by atoms with Crippen LogP contribution in [0.15, 0.2) is 55.3 Å². The SMILES string of the molecule is C=CC(=O)N1CCc2cc(C(F)(F)F)sc2C1.CCn1cc(-c2ccccc2)c(C(F)(F)F)n1. The van der Waals surface area contributed by atoms with Gasteiger partial charge in [-0.15, -0.1) is 11.3 Å². The van der Waals surface area contributed by atoms with Gasteiger partial charge >= 0.3 is 12.4 Å². The molecule has 182 valence electrons. The molecule has 2 aromatic heterocycles. The molecule has 1 aliphatic heterocycles. The van der Waals surface area contributed by atoms with Crippen molar-refractivity contribution in [2.24, 2.45) is 0 Å². The van der Waals surface area contributed by atoms with E-state index in [0.717, 1.165) is 11.3 Å². The van der Waals surface area contributed by atoms with Crippen LogP contribution in [0.25, 0.3) is 11.1 Å². The van der Waals surface area contributed by atoms with Crippen LogP contribution in [-0.4, -0.2) is 27.1 Å². The highest BCUT2D eigenvalue weighted by molar-refractivity contribution is 7.12. The first kappa shape index (κ1) is 25.5. The predicted octanol–water partition coefficient (Wildman–Crippen LogP) is 6.43. The van der Waals surface area contributed by atoms with E-state index in [0.29, 0.717) is 35.5 Å². The molecule has 0 saturated heterocycles. The van der Waals surface area contributed by atoms with Gasteiger partial charge in [-0.2, -0.15) is 31.4 Å². The summed E-state index contributed by atoms with van der Waals surface area (Å²) in [6.45, 7) is 6.23. The van der Waals surface area contributed by atoms with Crippen molar-refractivity contribution in [3.63, 3.8) is 0 Å². The lowest BCUT2D eigenvalue weighted by molar-refractivity contribution is -0.141. The fourth-order valence-corrected chi connectivity index (χ4v) is 4.49. The molecule has 34 heavy (non-hydrogen) atoms. The zero-order valence-electron chi connectivity index (χ0n) is 18.1. The molecule has 0 radical (unpaired) electrons. The van der Waals surface area contributed by atoms with Crippen LogP contribution in [0.5, 0.6) is 0 Å². The summed E-state index contributed by atoms with van der Waals surface area (Å²) in [6.07, 6.45) is -5.64. The Hall–Kier alpha value is -3.08. The van der Waals surface area contributed by atoms with E-state index < -0.39 is 22.9 Å². The van der Waals surface area contributed by atoms with Crippen molar-refractivity contribution in [1.82, 2.24) is 14.7 Å². The van der Waals surface area contributed by atoms with Crippen molar-refractivity contribution < 1.29 is 31.1 Å². The van der Waals surface area contributed by atoms with E-state index in [1.165, 1.54) is 27.9 Å². The molecule has 1 aliphatic rings. The Morgan fingerprint density at radius 2 is 1.82 bits per heavy atom. The standard InChI is InChI=1S/C12H11F3N2.C11H10F3NOS/c1-2-17-8-10(9-6-4-3-5-7-9)11(16-17)12(13,14)15;1-2-10(16)15-4-3-7-5-9(11(12,13)14)17-8(7)6-15/h3-8H,2H2,1H3;2,5H,1,3-4,6H2. The average molecular weight is 501 g/mol. The smallest absolute Gasteiger partial charge is 0.334 e. The Kier molecular flexibility index (Phi) is 7.54. The van der Waals surface area contributed by atoms with Crippen LogP contribution in [0.2, 0.25) is 0 Å². The van der Waals surface area contributed by atoms with Crippen LogP contribution >= 0.6 is 11.3 Å². The van der Waals surface area contributed by atoms with Crippen LogP contribution in [0.3, 0.4) is 0 Å². The minimum atomic E-state index is -4.43. The number of aryl methyl sites for hydroxylation is 1. The molecule has 0 unspecified atom stereocenters. The number of nitrogens with zero attached hydrogens (tertiary/aromatic N) is 3. The lowest BCUT2D eigenvalue weighted by Gasteiger charge is -2.25. The number of rotatable bonds is 3. The van der Waals surface area contributed by atoms with Gasteiger partial charge in [-0.3, -0.25) is 9.48 Å². The van der Waals surface area contributed by atoms with Gasteiger partial charge in [-0.05, 0) is 36.6 Å². The third-order valence-electron chi connectivity index (χ3n) is 5.09. The minimum Gasteiger partial charge on any atom is -0.334 e. The van der Waals surface area contributed by atoms with E-state index in [1.807, 2.05) is 0 Å². The summed E-state index contributed by atoms with van der Waals surface area (Å²) in [5, 5.41) is 3.57. The number of carbonyl (C=O) groups excluding carboxylic acids is 1. The second kappa shape index (κ2) is 10.0. The van der Waals surface area contributed by atoms with Crippen molar-refractivity contribution >= 4 is 17.2 Å². The number of thiophene rings is 1. The van der Waals surface area contributed by atoms with Crippen molar-refractivity contribution in [2.75, 3.05) is 6.54 Å². The summed E-state index contributed by atoms with van der Waals surface area (Å²) in [6, 6.07) is 9.66. The number of hydrogen-bond donors (Lipinski definition) is 0. The van der Waals surface area contributed by atoms with Crippen molar-refractivity contribution in [3.05, 3.63) is 76.3 Å². The molecule has 0 N–H and O–H groups in total. The molecule has 3 heterocycles. The first-order chi connectivity index (χ1) is 15.9. The van der Waals surface area contributed by atoms with Crippen LogP contribution in [0.1, 0.15) is 27.9 Å². The van der Waals surface area contributed by atoms with E-state index in [9.17, 15) is 31.1 Å². The van der Waals surface area contributed by atoms with Gasteiger partial charge in [-0.25, -0.2) is 0 Å². The number of alkyl halides is 6. The van der Waals surface area contributed by atoms with Gasteiger partial charge in [0.2, 0.25) is 5.91 Å². The third kappa shape index (κ3) is 5.88. The maximum absolute atomic E-state index is 12.8. The molecule has 4 rings (SSSR count). The van der Waals surface area contributed by atoms with Crippen LogP contribution in [-0.2, 0) is 36.7 Å².